The van der Waals surface area contributed by atoms with Crippen LogP contribution in [0.4, 0.5) is 0 Å². The zero-order valence-corrected chi connectivity index (χ0v) is 14.7. The van der Waals surface area contributed by atoms with Gasteiger partial charge < -0.3 is 5.32 Å². The number of benzene rings is 2. The van der Waals surface area contributed by atoms with E-state index in [2.05, 4.69) is 85.7 Å². The van der Waals surface area contributed by atoms with Crippen LogP contribution in [0.3, 0.4) is 0 Å². The van der Waals surface area contributed by atoms with Crippen molar-refractivity contribution in [2.75, 3.05) is 13.6 Å². The molecule has 2 rings (SSSR count). The van der Waals surface area contributed by atoms with Gasteiger partial charge in [0.05, 0.1) is 0 Å². The highest BCUT2D eigenvalue weighted by atomic mass is 79.9. The fourth-order valence-corrected chi connectivity index (χ4v) is 3.73. The molecule has 0 amide bonds. The molecular formula is C17H19Br2N. The highest BCUT2D eigenvalue weighted by Crippen LogP contribution is 2.32. The molecule has 1 atom stereocenters. The van der Waals surface area contributed by atoms with Crippen LogP contribution in [0.2, 0.25) is 0 Å². The lowest BCUT2D eigenvalue weighted by atomic mass is 9.89. The van der Waals surface area contributed by atoms with Crippen LogP contribution >= 0.6 is 31.9 Å². The van der Waals surface area contributed by atoms with Crippen molar-refractivity contribution in [3.63, 3.8) is 0 Å². The summed E-state index contributed by atoms with van der Waals surface area (Å²) in [6, 6.07) is 17.1. The molecule has 0 fully saturated rings. The van der Waals surface area contributed by atoms with Gasteiger partial charge in [-0.1, -0.05) is 68.3 Å². The number of hydrogen-bond acceptors (Lipinski definition) is 1. The second kappa shape index (κ2) is 7.96. The molecule has 0 radical (unpaired) electrons. The molecule has 0 aromatic heterocycles. The van der Waals surface area contributed by atoms with Crippen molar-refractivity contribution in [2.45, 2.75) is 18.8 Å². The fourth-order valence-electron chi connectivity index (χ4n) is 2.40. The number of nitrogens with one attached hydrogen (secondary N) is 1. The first-order valence-corrected chi connectivity index (χ1v) is 8.43. The highest BCUT2D eigenvalue weighted by Gasteiger charge is 2.15. The van der Waals surface area contributed by atoms with Crippen LogP contribution < -0.4 is 5.32 Å². The van der Waals surface area contributed by atoms with Crippen LogP contribution in [0.5, 0.6) is 0 Å². The van der Waals surface area contributed by atoms with E-state index >= 15 is 0 Å². The Labute approximate surface area is 138 Å². The van der Waals surface area contributed by atoms with Gasteiger partial charge in [-0.2, -0.15) is 0 Å². The van der Waals surface area contributed by atoms with Gasteiger partial charge in [0.15, 0.2) is 0 Å². The predicted molar refractivity (Wildman–Crippen MR) is 93.3 cm³/mol. The summed E-state index contributed by atoms with van der Waals surface area (Å²) in [7, 11) is 2.01. The van der Waals surface area contributed by atoms with Crippen molar-refractivity contribution in [1.82, 2.24) is 5.32 Å². The molecule has 0 saturated heterocycles. The molecular weight excluding hydrogens is 378 g/mol. The van der Waals surface area contributed by atoms with Gasteiger partial charge in [0.2, 0.25) is 0 Å². The molecule has 1 N–H and O–H groups in total. The first-order chi connectivity index (χ1) is 9.72. The van der Waals surface area contributed by atoms with Crippen LogP contribution in [0.25, 0.3) is 0 Å². The van der Waals surface area contributed by atoms with Crippen molar-refractivity contribution < 1.29 is 0 Å². The van der Waals surface area contributed by atoms with E-state index in [0.29, 0.717) is 5.92 Å². The maximum absolute atomic E-state index is 3.67. The third-order valence-corrected chi connectivity index (χ3v) is 5.01. The van der Waals surface area contributed by atoms with E-state index in [1.807, 2.05) is 7.05 Å². The van der Waals surface area contributed by atoms with Gasteiger partial charge in [-0.15, -0.1) is 0 Å². The average molecular weight is 397 g/mol. The molecule has 0 aliphatic heterocycles. The van der Waals surface area contributed by atoms with Crippen molar-refractivity contribution in [1.29, 1.82) is 0 Å². The summed E-state index contributed by atoms with van der Waals surface area (Å²) in [5, 5.41) is 3.26. The Kier molecular flexibility index (Phi) is 6.27. The topological polar surface area (TPSA) is 12.0 Å². The van der Waals surface area contributed by atoms with E-state index in [-0.39, 0.29) is 0 Å². The molecule has 0 aliphatic carbocycles. The van der Waals surface area contributed by atoms with E-state index in [1.54, 1.807) is 0 Å². The van der Waals surface area contributed by atoms with Crippen LogP contribution in [0.15, 0.2) is 57.5 Å². The third-order valence-electron chi connectivity index (χ3n) is 3.53. The lowest BCUT2D eigenvalue weighted by Gasteiger charge is -2.19. The molecule has 0 aliphatic rings. The fraction of sp³-hybridized carbons (Fsp3) is 0.294. The minimum absolute atomic E-state index is 0.527. The number of halogens is 2. The molecule has 0 heterocycles. The summed E-state index contributed by atoms with van der Waals surface area (Å²) in [6.07, 6.45) is 2.17. The summed E-state index contributed by atoms with van der Waals surface area (Å²) in [6.45, 7) is 1.03. The monoisotopic (exact) mass is 395 g/mol. The van der Waals surface area contributed by atoms with Crippen molar-refractivity contribution >= 4 is 31.9 Å². The van der Waals surface area contributed by atoms with Crippen molar-refractivity contribution in [2.24, 2.45) is 0 Å². The van der Waals surface area contributed by atoms with Crippen LogP contribution in [-0.4, -0.2) is 13.6 Å². The van der Waals surface area contributed by atoms with Gasteiger partial charge in [-0.05, 0) is 55.6 Å². The maximum atomic E-state index is 3.67. The van der Waals surface area contributed by atoms with E-state index in [1.165, 1.54) is 20.1 Å². The van der Waals surface area contributed by atoms with Gasteiger partial charge in [0, 0.05) is 8.95 Å². The average Bonchev–Trinajstić information content (AvgIpc) is 2.47. The molecule has 2 aromatic carbocycles. The summed E-state index contributed by atoms with van der Waals surface area (Å²) >= 11 is 7.34. The second-order valence-electron chi connectivity index (χ2n) is 4.90. The first kappa shape index (κ1) is 15.7. The van der Waals surface area contributed by atoms with E-state index in [4.69, 9.17) is 0 Å². The second-order valence-corrected chi connectivity index (χ2v) is 6.61. The molecule has 3 heteroatoms. The standard InChI is InChI=1S/C17H19Br2N/c1-20-11-10-14(13-6-3-2-4-7-13)12-15-16(18)8-5-9-17(15)19/h2-9,14,20H,10-12H2,1H3. The molecule has 2 aromatic rings. The molecule has 20 heavy (non-hydrogen) atoms. The zero-order valence-electron chi connectivity index (χ0n) is 11.6. The minimum atomic E-state index is 0.527. The largest absolute Gasteiger partial charge is 0.320 e. The molecule has 0 saturated carbocycles. The normalized spacial score (nSPS) is 12.3. The molecule has 0 bridgehead atoms. The lowest BCUT2D eigenvalue weighted by molar-refractivity contribution is 0.591. The quantitative estimate of drug-likeness (QED) is 0.711. The Morgan fingerprint density at radius 3 is 2.20 bits per heavy atom. The van der Waals surface area contributed by atoms with Gasteiger partial charge in [-0.25, -0.2) is 0 Å². The summed E-state index contributed by atoms with van der Waals surface area (Å²) < 4.78 is 2.36. The number of rotatable bonds is 6. The van der Waals surface area contributed by atoms with Crippen LogP contribution in [0, 0.1) is 0 Å². The Morgan fingerprint density at radius 2 is 1.60 bits per heavy atom. The van der Waals surface area contributed by atoms with E-state index in [0.717, 1.165) is 19.4 Å². The summed E-state index contributed by atoms with van der Waals surface area (Å²) in [5.41, 5.74) is 2.75. The minimum Gasteiger partial charge on any atom is -0.320 e. The Bertz CT molecular complexity index is 520. The lowest BCUT2D eigenvalue weighted by Crippen LogP contribution is -2.14. The summed E-state index contributed by atoms with van der Waals surface area (Å²) in [4.78, 5) is 0. The van der Waals surface area contributed by atoms with E-state index < -0.39 is 0 Å². The Morgan fingerprint density at radius 1 is 0.950 bits per heavy atom. The smallest absolute Gasteiger partial charge is 0.0218 e. The highest BCUT2D eigenvalue weighted by molar-refractivity contribution is 9.11. The Balaban J connectivity index is 2.24. The van der Waals surface area contributed by atoms with Crippen LogP contribution in [-0.2, 0) is 6.42 Å². The molecule has 106 valence electrons. The van der Waals surface area contributed by atoms with Gasteiger partial charge in [0.1, 0.15) is 0 Å². The van der Waals surface area contributed by atoms with E-state index in [9.17, 15) is 0 Å². The predicted octanol–water partition coefficient (Wildman–Crippen LogP) is 5.15. The molecule has 1 nitrogen and oxygen atoms in total. The zero-order chi connectivity index (χ0) is 14.4. The SMILES string of the molecule is CNCCC(Cc1c(Br)cccc1Br)c1ccccc1. The van der Waals surface area contributed by atoms with Crippen LogP contribution in [0.1, 0.15) is 23.5 Å². The van der Waals surface area contributed by atoms with Crippen molar-refractivity contribution in [3.05, 3.63) is 68.6 Å². The van der Waals surface area contributed by atoms with Crippen molar-refractivity contribution in [3.8, 4) is 0 Å². The summed E-state index contributed by atoms with van der Waals surface area (Å²) in [5.74, 6) is 0.527. The Hall–Kier alpha value is -0.640. The molecule has 0 spiro atoms. The van der Waals surface area contributed by atoms with Gasteiger partial charge in [0.25, 0.3) is 0 Å². The van der Waals surface area contributed by atoms with Gasteiger partial charge >= 0.3 is 0 Å². The molecule has 1 unspecified atom stereocenters. The number of hydrogen-bond donors (Lipinski definition) is 1. The maximum Gasteiger partial charge on any atom is 0.0218 e. The third kappa shape index (κ3) is 4.18. The first-order valence-electron chi connectivity index (χ1n) is 6.84. The van der Waals surface area contributed by atoms with Gasteiger partial charge in [-0.3, -0.25) is 0 Å².